The number of benzene rings is 2. The van der Waals surface area contributed by atoms with Crippen LogP contribution in [0.5, 0.6) is 0 Å². The zero-order valence-electron chi connectivity index (χ0n) is 19.9. The van der Waals surface area contributed by atoms with E-state index in [0.717, 1.165) is 49.6 Å². The van der Waals surface area contributed by atoms with Gasteiger partial charge in [0.1, 0.15) is 5.82 Å². The highest BCUT2D eigenvalue weighted by Crippen LogP contribution is 2.32. The number of hydrogen-bond donors (Lipinski definition) is 0. The number of piperidine rings is 1. The molecule has 0 amide bonds. The second kappa shape index (κ2) is 10.4. The van der Waals surface area contributed by atoms with Crippen LogP contribution in [0.1, 0.15) is 38.2 Å². The van der Waals surface area contributed by atoms with Gasteiger partial charge in [-0.05, 0) is 61.9 Å². The number of nitrogens with zero attached hydrogens (tertiary/aromatic N) is 3. The van der Waals surface area contributed by atoms with Gasteiger partial charge in [-0.15, -0.1) is 0 Å². The number of hydrogen-bond acceptors (Lipinski definition) is 5. The highest BCUT2D eigenvalue weighted by molar-refractivity contribution is 7.98. The molecule has 3 heterocycles. The molecule has 2 aliphatic rings. The second-order valence-electron chi connectivity index (χ2n) is 9.51. The minimum atomic E-state index is -3.67. The van der Waals surface area contributed by atoms with Gasteiger partial charge in [0.05, 0.1) is 28.6 Å². The lowest BCUT2D eigenvalue weighted by atomic mass is 10.0. The molecule has 2 saturated heterocycles. The van der Waals surface area contributed by atoms with E-state index in [-0.39, 0.29) is 22.3 Å². The van der Waals surface area contributed by atoms with Crippen molar-refractivity contribution in [3.8, 4) is 0 Å². The first-order valence-corrected chi connectivity index (χ1v) is 14.5. The van der Waals surface area contributed by atoms with E-state index >= 15 is 0 Å². The van der Waals surface area contributed by atoms with Crippen molar-refractivity contribution in [2.45, 2.75) is 61.1 Å². The van der Waals surface area contributed by atoms with Crippen LogP contribution in [0.25, 0.3) is 11.0 Å². The minimum absolute atomic E-state index is 0.0392. The molecule has 0 saturated carbocycles. The Balaban J connectivity index is 1.49. The quantitative estimate of drug-likeness (QED) is 0.299. The number of fused-ring (bicyclic) bond motifs is 1. The third-order valence-corrected chi connectivity index (χ3v) is 9.70. The number of rotatable bonds is 7. The topological polar surface area (TPSA) is 64.4 Å². The average Bonchev–Trinajstić information content (AvgIpc) is 3.49. The van der Waals surface area contributed by atoms with Crippen molar-refractivity contribution < 1.29 is 26.3 Å². The molecular formula is C25H28F3N3O3S2. The molecule has 2 aliphatic heterocycles. The maximum Gasteiger partial charge on any atom is 0.243 e. The van der Waals surface area contributed by atoms with E-state index in [1.807, 2.05) is 11.5 Å². The molecule has 3 aromatic rings. The van der Waals surface area contributed by atoms with E-state index < -0.39 is 27.5 Å². The summed E-state index contributed by atoms with van der Waals surface area (Å²) in [6, 6.07) is 6.54. The Kier molecular flexibility index (Phi) is 7.35. The maximum absolute atomic E-state index is 14.2. The third kappa shape index (κ3) is 5.03. The van der Waals surface area contributed by atoms with E-state index in [9.17, 15) is 21.6 Å². The van der Waals surface area contributed by atoms with Crippen LogP contribution < -0.4 is 0 Å². The lowest BCUT2D eigenvalue weighted by molar-refractivity contribution is 0.0960. The van der Waals surface area contributed by atoms with Crippen molar-refractivity contribution >= 4 is 32.8 Å². The van der Waals surface area contributed by atoms with Crippen LogP contribution in [0.3, 0.4) is 0 Å². The molecule has 11 heteroatoms. The fourth-order valence-corrected chi connectivity index (χ4v) is 7.53. The van der Waals surface area contributed by atoms with Crippen molar-refractivity contribution in [3.05, 3.63) is 53.3 Å². The van der Waals surface area contributed by atoms with Crippen molar-refractivity contribution in [2.24, 2.45) is 5.92 Å². The van der Waals surface area contributed by atoms with Gasteiger partial charge in [0.15, 0.2) is 16.8 Å². The fraction of sp³-hybridized carbons (Fsp3) is 0.480. The molecule has 1 aromatic heterocycles. The number of sulfonamides is 1. The first kappa shape index (κ1) is 25.6. The largest absolute Gasteiger partial charge is 0.376 e. The normalized spacial score (nSPS) is 21.4. The lowest BCUT2D eigenvalue weighted by Gasteiger charge is -2.30. The number of imidazole rings is 1. The first-order valence-electron chi connectivity index (χ1n) is 12.1. The minimum Gasteiger partial charge on any atom is -0.376 e. The van der Waals surface area contributed by atoms with Gasteiger partial charge in [0.2, 0.25) is 10.0 Å². The fourth-order valence-electron chi connectivity index (χ4n) is 4.88. The summed E-state index contributed by atoms with van der Waals surface area (Å²) in [6.07, 6.45) is 3.60. The van der Waals surface area contributed by atoms with E-state index in [0.29, 0.717) is 48.3 Å². The van der Waals surface area contributed by atoms with Crippen molar-refractivity contribution in [1.29, 1.82) is 0 Å². The van der Waals surface area contributed by atoms with Gasteiger partial charge in [-0.1, -0.05) is 18.7 Å². The summed E-state index contributed by atoms with van der Waals surface area (Å²) in [6.45, 7) is 4.16. The molecule has 36 heavy (non-hydrogen) atoms. The van der Waals surface area contributed by atoms with Crippen molar-refractivity contribution in [1.82, 2.24) is 13.9 Å². The first-order chi connectivity index (χ1) is 17.2. The summed E-state index contributed by atoms with van der Waals surface area (Å²) in [4.78, 5) is 4.81. The second-order valence-corrected chi connectivity index (χ2v) is 12.4. The molecule has 0 spiro atoms. The molecule has 0 bridgehead atoms. The SMILES string of the molecule is CC1CCCN(S(=O)(=O)c2ccc3c(c2)nc(SCc2c(F)ccc(F)c2F)n3CC2CCCO2)C1. The Labute approximate surface area is 212 Å². The molecule has 0 aliphatic carbocycles. The Morgan fingerprint density at radius 1 is 1.11 bits per heavy atom. The summed E-state index contributed by atoms with van der Waals surface area (Å²) in [5.74, 6) is -3.02. The maximum atomic E-state index is 14.2. The predicted octanol–water partition coefficient (Wildman–Crippen LogP) is 5.35. The zero-order valence-corrected chi connectivity index (χ0v) is 21.6. The van der Waals surface area contributed by atoms with Crippen molar-refractivity contribution in [3.63, 3.8) is 0 Å². The van der Waals surface area contributed by atoms with Gasteiger partial charge in [-0.3, -0.25) is 0 Å². The van der Waals surface area contributed by atoms with Crippen LogP contribution in [0, 0.1) is 23.4 Å². The summed E-state index contributed by atoms with van der Waals surface area (Å²) in [7, 11) is -3.67. The van der Waals surface area contributed by atoms with E-state index in [2.05, 4.69) is 4.98 Å². The van der Waals surface area contributed by atoms with Crippen LogP contribution in [0.2, 0.25) is 0 Å². The van der Waals surface area contributed by atoms with Crippen molar-refractivity contribution in [2.75, 3.05) is 19.7 Å². The van der Waals surface area contributed by atoms with Gasteiger partial charge >= 0.3 is 0 Å². The highest BCUT2D eigenvalue weighted by atomic mass is 32.2. The predicted molar refractivity (Wildman–Crippen MR) is 132 cm³/mol. The molecule has 0 radical (unpaired) electrons. The van der Waals surface area contributed by atoms with Gasteiger partial charge in [-0.25, -0.2) is 26.6 Å². The third-order valence-electron chi connectivity index (χ3n) is 6.84. The van der Waals surface area contributed by atoms with Gasteiger partial charge in [-0.2, -0.15) is 4.31 Å². The monoisotopic (exact) mass is 539 g/mol. The van der Waals surface area contributed by atoms with Crippen LogP contribution in [0.15, 0.2) is 40.4 Å². The molecule has 2 unspecified atom stereocenters. The van der Waals surface area contributed by atoms with E-state index in [1.54, 1.807) is 18.2 Å². The summed E-state index contributed by atoms with van der Waals surface area (Å²) < 4.78 is 78.0. The number of thioether (sulfide) groups is 1. The average molecular weight is 540 g/mol. The Bertz CT molecular complexity index is 1370. The molecule has 2 atom stereocenters. The Hall–Kier alpha value is -2.08. The Morgan fingerprint density at radius 2 is 1.92 bits per heavy atom. The molecule has 0 N–H and O–H groups in total. The van der Waals surface area contributed by atoms with E-state index in [1.165, 1.54) is 4.31 Å². The molecule has 5 rings (SSSR count). The van der Waals surface area contributed by atoms with Gasteiger partial charge in [0, 0.05) is 31.0 Å². The lowest BCUT2D eigenvalue weighted by Crippen LogP contribution is -2.39. The number of ether oxygens (including phenoxy) is 1. The standard InChI is InChI=1S/C25H28F3N3O3S2/c1-16-4-2-10-30(13-16)36(32,33)18-6-9-23-22(12-18)29-25(31(23)14-17-5-3-11-34-17)35-15-19-20(26)7-8-21(27)24(19)28/h6-9,12,16-17H,2-5,10-11,13-15H2,1H3. The van der Waals surface area contributed by atoms with Gasteiger partial charge in [0.25, 0.3) is 0 Å². The van der Waals surface area contributed by atoms with Gasteiger partial charge < -0.3 is 9.30 Å². The zero-order chi connectivity index (χ0) is 25.4. The summed E-state index contributed by atoms with van der Waals surface area (Å²) in [5.41, 5.74) is 0.819. The molecule has 6 nitrogen and oxygen atoms in total. The molecule has 2 aromatic carbocycles. The highest BCUT2D eigenvalue weighted by Gasteiger charge is 2.30. The van der Waals surface area contributed by atoms with Crippen LogP contribution in [-0.2, 0) is 27.1 Å². The smallest absolute Gasteiger partial charge is 0.243 e. The number of halogens is 3. The summed E-state index contributed by atoms with van der Waals surface area (Å²) >= 11 is 1.08. The Morgan fingerprint density at radius 3 is 2.67 bits per heavy atom. The van der Waals surface area contributed by atoms with Crippen LogP contribution in [-0.4, -0.2) is 48.1 Å². The number of aromatic nitrogens is 2. The molecule has 194 valence electrons. The van der Waals surface area contributed by atoms with Crippen LogP contribution >= 0.6 is 11.8 Å². The summed E-state index contributed by atoms with van der Waals surface area (Å²) in [5, 5.41) is 0.463. The van der Waals surface area contributed by atoms with Crippen LogP contribution in [0.4, 0.5) is 13.2 Å². The molecular weight excluding hydrogens is 511 g/mol. The molecule has 2 fully saturated rings. The van der Waals surface area contributed by atoms with E-state index in [4.69, 9.17) is 4.74 Å².